The van der Waals surface area contributed by atoms with Gasteiger partial charge in [-0.3, -0.25) is 14.2 Å². The van der Waals surface area contributed by atoms with Crippen molar-refractivity contribution in [3.05, 3.63) is 26.6 Å². The third-order valence-corrected chi connectivity index (χ3v) is 6.42. The molecule has 0 amide bonds. The van der Waals surface area contributed by atoms with Crippen LogP contribution in [0.1, 0.15) is 56.8 Å². The van der Waals surface area contributed by atoms with Crippen LogP contribution in [0.2, 0.25) is 0 Å². The molecule has 2 aromatic rings. The molecule has 130 valence electrons. The number of rotatable bonds is 3. The Balaban J connectivity index is 2.07. The van der Waals surface area contributed by atoms with E-state index >= 15 is 0 Å². The molecular weight excluding hydrogens is 320 g/mol. The number of aromatic nitrogens is 2. The molecule has 2 heterocycles. The molecule has 1 aliphatic rings. The van der Waals surface area contributed by atoms with Gasteiger partial charge in [-0.2, -0.15) is 0 Å². The molecule has 0 fully saturated rings. The Morgan fingerprint density at radius 3 is 2.71 bits per heavy atom. The molecular formula is C19H26N2O2S. The first-order valence-corrected chi connectivity index (χ1v) is 9.51. The summed E-state index contributed by atoms with van der Waals surface area (Å²) in [6.07, 6.45) is 3.52. The van der Waals surface area contributed by atoms with Crippen LogP contribution in [-0.4, -0.2) is 15.3 Å². The quantitative estimate of drug-likeness (QED) is 0.847. The van der Waals surface area contributed by atoms with E-state index in [1.165, 1.54) is 10.4 Å². The molecule has 24 heavy (non-hydrogen) atoms. The number of carbonyl (C=O) groups is 1. The number of Topliss-reactive ketones (excluding diaryl/α,β-unsaturated/α-hetero) is 1. The highest BCUT2D eigenvalue weighted by Crippen LogP contribution is 2.42. The first-order chi connectivity index (χ1) is 11.2. The lowest BCUT2D eigenvalue weighted by Crippen LogP contribution is -2.28. The molecule has 3 rings (SSSR count). The summed E-state index contributed by atoms with van der Waals surface area (Å²) >= 11 is 1.69. The number of aryl methyl sites for hydroxylation is 2. The fourth-order valence-corrected chi connectivity index (χ4v) is 4.97. The van der Waals surface area contributed by atoms with Crippen LogP contribution in [0.15, 0.2) is 4.79 Å². The van der Waals surface area contributed by atoms with Gasteiger partial charge in [0.05, 0.1) is 5.39 Å². The van der Waals surface area contributed by atoms with E-state index in [0.29, 0.717) is 30.1 Å². The summed E-state index contributed by atoms with van der Waals surface area (Å²) in [6, 6.07) is 0. The Morgan fingerprint density at radius 2 is 2.08 bits per heavy atom. The molecule has 0 saturated heterocycles. The lowest BCUT2D eigenvalue weighted by Gasteiger charge is -2.33. The Labute approximate surface area is 146 Å². The van der Waals surface area contributed by atoms with E-state index in [-0.39, 0.29) is 11.3 Å². The number of carbonyl (C=O) groups excluding carboxylic acids is 1. The predicted octanol–water partition coefficient (Wildman–Crippen LogP) is 3.90. The molecule has 4 nitrogen and oxygen atoms in total. The number of hydrogen-bond acceptors (Lipinski definition) is 4. The zero-order valence-electron chi connectivity index (χ0n) is 15.2. The maximum absolute atomic E-state index is 13.0. The van der Waals surface area contributed by atoms with E-state index in [9.17, 15) is 9.59 Å². The van der Waals surface area contributed by atoms with Crippen molar-refractivity contribution in [2.45, 2.75) is 66.8 Å². The number of hydrogen-bond donors (Lipinski definition) is 0. The Bertz CT molecular complexity index is 855. The van der Waals surface area contributed by atoms with E-state index < -0.39 is 0 Å². The lowest BCUT2D eigenvalue weighted by atomic mass is 9.72. The molecule has 5 heteroatoms. The van der Waals surface area contributed by atoms with Crippen molar-refractivity contribution in [1.82, 2.24) is 9.55 Å². The van der Waals surface area contributed by atoms with Crippen LogP contribution in [0.25, 0.3) is 10.2 Å². The topological polar surface area (TPSA) is 52.0 Å². The van der Waals surface area contributed by atoms with Crippen LogP contribution in [0.5, 0.6) is 0 Å². The van der Waals surface area contributed by atoms with Crippen molar-refractivity contribution in [1.29, 1.82) is 0 Å². The highest BCUT2D eigenvalue weighted by Gasteiger charge is 2.31. The molecule has 2 aromatic heterocycles. The van der Waals surface area contributed by atoms with Gasteiger partial charge in [0.15, 0.2) is 0 Å². The molecule has 1 atom stereocenters. The number of fused-ring (bicyclic) bond motifs is 3. The molecule has 0 aromatic carbocycles. The summed E-state index contributed by atoms with van der Waals surface area (Å²) in [6.45, 7) is 10.7. The van der Waals surface area contributed by atoms with Crippen LogP contribution in [0, 0.1) is 18.3 Å². The zero-order chi connectivity index (χ0) is 17.6. The van der Waals surface area contributed by atoms with Gasteiger partial charge in [0.1, 0.15) is 16.4 Å². The van der Waals surface area contributed by atoms with E-state index in [1.807, 2.05) is 6.92 Å². The van der Waals surface area contributed by atoms with Crippen molar-refractivity contribution < 1.29 is 4.79 Å². The maximum Gasteiger partial charge on any atom is 0.262 e. The molecule has 1 unspecified atom stereocenters. The second-order valence-electron chi connectivity index (χ2n) is 8.06. The monoisotopic (exact) mass is 346 g/mol. The lowest BCUT2D eigenvalue weighted by molar-refractivity contribution is -0.117. The third kappa shape index (κ3) is 3.06. The molecule has 0 aliphatic heterocycles. The summed E-state index contributed by atoms with van der Waals surface area (Å²) in [5.41, 5.74) is 1.54. The molecule has 0 spiro atoms. The van der Waals surface area contributed by atoms with Gasteiger partial charge >= 0.3 is 0 Å². The van der Waals surface area contributed by atoms with Crippen LogP contribution >= 0.6 is 11.3 Å². The Morgan fingerprint density at radius 1 is 1.38 bits per heavy atom. The molecule has 1 aliphatic carbocycles. The average Bonchev–Trinajstić information content (AvgIpc) is 2.82. The Kier molecular flexibility index (Phi) is 4.41. The van der Waals surface area contributed by atoms with E-state index in [0.717, 1.165) is 29.5 Å². The smallest absolute Gasteiger partial charge is 0.262 e. The largest absolute Gasteiger partial charge is 0.300 e. The standard InChI is InChI=1S/C19H26N2O2S/c1-11(22)8-9-21-12(2)20-17-16(18(21)23)14-7-6-13(19(3,4)5)10-15(14)24-17/h13H,6-10H2,1-5H3. The molecule has 0 N–H and O–H groups in total. The van der Waals surface area contributed by atoms with Gasteiger partial charge in [0.25, 0.3) is 5.56 Å². The summed E-state index contributed by atoms with van der Waals surface area (Å²) in [7, 11) is 0. The Hall–Kier alpha value is -1.49. The highest BCUT2D eigenvalue weighted by molar-refractivity contribution is 7.18. The van der Waals surface area contributed by atoms with Crippen molar-refractivity contribution in [3.8, 4) is 0 Å². The van der Waals surface area contributed by atoms with E-state index in [4.69, 9.17) is 0 Å². The minimum Gasteiger partial charge on any atom is -0.300 e. The summed E-state index contributed by atoms with van der Waals surface area (Å²) < 4.78 is 1.67. The number of ketones is 1. The molecule has 0 saturated carbocycles. The van der Waals surface area contributed by atoms with Gasteiger partial charge in [0, 0.05) is 17.8 Å². The minimum atomic E-state index is 0.0328. The van der Waals surface area contributed by atoms with Crippen LogP contribution in [0.4, 0.5) is 0 Å². The van der Waals surface area contributed by atoms with E-state index in [1.54, 1.807) is 22.8 Å². The first kappa shape index (κ1) is 17.3. The second-order valence-corrected chi connectivity index (χ2v) is 9.14. The normalized spacial score (nSPS) is 18.0. The van der Waals surface area contributed by atoms with Gasteiger partial charge < -0.3 is 0 Å². The third-order valence-electron chi connectivity index (χ3n) is 5.27. The molecule has 0 bridgehead atoms. The van der Waals surface area contributed by atoms with Gasteiger partial charge in [-0.05, 0) is 50.0 Å². The first-order valence-electron chi connectivity index (χ1n) is 8.69. The SMILES string of the molecule is CC(=O)CCn1c(C)nc2sc3c(c2c1=O)CCC(C(C)(C)C)C3. The fraction of sp³-hybridized carbons (Fsp3) is 0.632. The summed E-state index contributed by atoms with van der Waals surface area (Å²) in [5.74, 6) is 1.46. The van der Waals surface area contributed by atoms with Crippen LogP contribution in [-0.2, 0) is 24.2 Å². The van der Waals surface area contributed by atoms with Gasteiger partial charge in [-0.1, -0.05) is 20.8 Å². The molecule has 0 radical (unpaired) electrons. The summed E-state index contributed by atoms with van der Waals surface area (Å²) in [4.78, 5) is 31.2. The minimum absolute atomic E-state index is 0.0328. The number of nitrogens with zero attached hydrogens (tertiary/aromatic N) is 2. The van der Waals surface area contributed by atoms with Crippen molar-refractivity contribution >= 4 is 27.3 Å². The van der Waals surface area contributed by atoms with Crippen molar-refractivity contribution in [3.63, 3.8) is 0 Å². The van der Waals surface area contributed by atoms with Crippen molar-refractivity contribution in [2.75, 3.05) is 0 Å². The van der Waals surface area contributed by atoms with E-state index in [2.05, 4.69) is 25.8 Å². The maximum atomic E-state index is 13.0. The average molecular weight is 346 g/mol. The van der Waals surface area contributed by atoms with Gasteiger partial charge in [-0.25, -0.2) is 4.98 Å². The van der Waals surface area contributed by atoms with Gasteiger partial charge in [0.2, 0.25) is 0 Å². The van der Waals surface area contributed by atoms with Crippen LogP contribution < -0.4 is 5.56 Å². The highest BCUT2D eigenvalue weighted by atomic mass is 32.1. The fourth-order valence-electron chi connectivity index (χ4n) is 3.63. The van der Waals surface area contributed by atoms with Crippen LogP contribution in [0.3, 0.4) is 0 Å². The zero-order valence-corrected chi connectivity index (χ0v) is 16.0. The predicted molar refractivity (Wildman–Crippen MR) is 98.9 cm³/mol. The second kappa shape index (κ2) is 6.10. The summed E-state index contributed by atoms with van der Waals surface area (Å²) in [5, 5.41) is 0.802. The number of thiophene rings is 1. The van der Waals surface area contributed by atoms with Gasteiger partial charge in [-0.15, -0.1) is 11.3 Å². The van der Waals surface area contributed by atoms with Crippen molar-refractivity contribution in [2.24, 2.45) is 11.3 Å².